The fraction of sp³-hybridized carbons (Fsp3) is 0.360. The van der Waals surface area contributed by atoms with Gasteiger partial charge in [0.05, 0.1) is 5.69 Å². The lowest BCUT2D eigenvalue weighted by Crippen LogP contribution is -2.29. The lowest BCUT2D eigenvalue weighted by molar-refractivity contribution is -0.274. The number of aromatic nitrogens is 1. The van der Waals surface area contributed by atoms with E-state index in [2.05, 4.69) is 28.2 Å². The standard InChI is InChI=1S/C25H27F3N2O2/c1-4-21-22(14-15-29-23(21)5-2)18-8-6-17(7-9-18)16(3)24(31)30-19-10-12-20(13-11-19)32-25(26,27)28/h4-5,10-18H,1-2,6-9H2,3H3,(H,30,31). The molecule has 0 aliphatic heterocycles. The van der Waals surface area contributed by atoms with Crippen LogP contribution in [0.4, 0.5) is 18.9 Å². The molecule has 1 heterocycles. The maximum Gasteiger partial charge on any atom is 0.573 e. The number of hydrogen-bond acceptors (Lipinski definition) is 3. The lowest BCUT2D eigenvalue weighted by atomic mass is 9.73. The van der Waals surface area contributed by atoms with Crippen molar-refractivity contribution < 1.29 is 22.7 Å². The van der Waals surface area contributed by atoms with Crippen LogP contribution in [0.3, 0.4) is 0 Å². The van der Waals surface area contributed by atoms with Crippen LogP contribution in [-0.2, 0) is 4.79 Å². The molecule has 3 rings (SSSR count). The third-order valence-corrected chi connectivity index (χ3v) is 6.14. The number of halogens is 3. The molecule has 1 unspecified atom stereocenters. The number of hydrogen-bond donors (Lipinski definition) is 1. The van der Waals surface area contributed by atoms with Crippen molar-refractivity contribution >= 4 is 23.7 Å². The maximum atomic E-state index is 12.7. The van der Waals surface area contributed by atoms with Gasteiger partial charge in [-0.3, -0.25) is 9.78 Å². The Bertz CT molecular complexity index is 962. The van der Waals surface area contributed by atoms with E-state index in [1.165, 1.54) is 29.8 Å². The molecule has 0 saturated heterocycles. The van der Waals surface area contributed by atoms with Gasteiger partial charge in [0.25, 0.3) is 0 Å². The summed E-state index contributed by atoms with van der Waals surface area (Å²) in [5.74, 6) is -0.0365. The number of nitrogens with one attached hydrogen (secondary N) is 1. The summed E-state index contributed by atoms with van der Waals surface area (Å²) in [6, 6.07) is 7.21. The topological polar surface area (TPSA) is 51.2 Å². The number of amides is 1. The third-order valence-electron chi connectivity index (χ3n) is 6.14. The molecule has 1 aromatic carbocycles. The highest BCUT2D eigenvalue weighted by molar-refractivity contribution is 5.92. The second kappa shape index (κ2) is 10.0. The average molecular weight is 444 g/mol. The van der Waals surface area contributed by atoms with Gasteiger partial charge in [-0.25, -0.2) is 0 Å². The summed E-state index contributed by atoms with van der Waals surface area (Å²) in [4.78, 5) is 17.1. The molecule has 32 heavy (non-hydrogen) atoms. The fourth-order valence-electron chi connectivity index (χ4n) is 4.39. The number of rotatable bonds is 7. The van der Waals surface area contributed by atoms with E-state index >= 15 is 0 Å². The molecular weight excluding hydrogens is 417 g/mol. The van der Waals surface area contributed by atoms with Gasteiger partial charge in [-0.05, 0) is 79.5 Å². The third kappa shape index (κ3) is 5.78. The normalized spacial score (nSPS) is 19.6. The monoisotopic (exact) mass is 444 g/mol. The molecule has 2 aromatic rings. The summed E-state index contributed by atoms with van der Waals surface area (Å²) in [6.45, 7) is 9.65. The van der Waals surface area contributed by atoms with Gasteiger partial charge in [0.1, 0.15) is 5.75 Å². The number of nitrogens with zero attached hydrogens (tertiary/aromatic N) is 1. The Balaban J connectivity index is 1.57. The molecule has 1 saturated carbocycles. The van der Waals surface area contributed by atoms with E-state index in [1.807, 2.05) is 19.1 Å². The Morgan fingerprint density at radius 1 is 1.12 bits per heavy atom. The Hall–Kier alpha value is -3.09. The van der Waals surface area contributed by atoms with Gasteiger partial charge in [-0.15, -0.1) is 13.2 Å². The second-order valence-corrected chi connectivity index (χ2v) is 8.07. The zero-order valence-corrected chi connectivity index (χ0v) is 18.0. The molecule has 0 spiro atoms. The van der Waals surface area contributed by atoms with Crippen molar-refractivity contribution in [1.82, 2.24) is 4.98 Å². The summed E-state index contributed by atoms with van der Waals surface area (Å²) in [5, 5.41) is 2.80. The quantitative estimate of drug-likeness (QED) is 0.510. The molecule has 1 atom stereocenters. The predicted molar refractivity (Wildman–Crippen MR) is 120 cm³/mol. The largest absolute Gasteiger partial charge is 0.573 e. The molecule has 170 valence electrons. The van der Waals surface area contributed by atoms with Crippen molar-refractivity contribution in [2.45, 2.75) is 44.9 Å². The van der Waals surface area contributed by atoms with E-state index in [1.54, 1.807) is 12.3 Å². The molecule has 1 amide bonds. The summed E-state index contributed by atoms with van der Waals surface area (Å²) >= 11 is 0. The summed E-state index contributed by atoms with van der Waals surface area (Å²) in [6.07, 6.45) is 4.38. The predicted octanol–water partition coefficient (Wildman–Crippen LogP) is 6.81. The molecule has 0 bridgehead atoms. The minimum absolute atomic E-state index is 0.137. The highest BCUT2D eigenvalue weighted by atomic mass is 19.4. The number of carbonyl (C=O) groups is 1. The Kier molecular flexibility index (Phi) is 7.38. The number of ether oxygens (including phenoxy) is 1. The Labute approximate surface area is 186 Å². The number of alkyl halides is 3. The number of carbonyl (C=O) groups excluding carboxylic acids is 1. The molecule has 1 fully saturated rings. The van der Waals surface area contributed by atoms with Crippen LogP contribution in [-0.4, -0.2) is 17.3 Å². The number of benzene rings is 1. The van der Waals surface area contributed by atoms with E-state index in [9.17, 15) is 18.0 Å². The smallest absolute Gasteiger partial charge is 0.406 e. The van der Waals surface area contributed by atoms with Gasteiger partial charge in [0.15, 0.2) is 0 Å². The lowest BCUT2D eigenvalue weighted by Gasteiger charge is -2.32. The number of anilines is 1. The van der Waals surface area contributed by atoms with Crippen molar-refractivity contribution in [1.29, 1.82) is 0 Å². The van der Waals surface area contributed by atoms with Crippen molar-refractivity contribution in [2.75, 3.05) is 5.32 Å². The summed E-state index contributed by atoms with van der Waals surface area (Å²) in [5.41, 5.74) is 3.52. The minimum Gasteiger partial charge on any atom is -0.406 e. The first-order valence-electron chi connectivity index (χ1n) is 10.6. The molecule has 0 radical (unpaired) electrons. The van der Waals surface area contributed by atoms with Crippen LogP contribution in [0, 0.1) is 11.8 Å². The summed E-state index contributed by atoms with van der Waals surface area (Å²) in [7, 11) is 0. The van der Waals surface area contributed by atoms with Crippen LogP contribution >= 0.6 is 0 Å². The Morgan fingerprint density at radius 2 is 1.78 bits per heavy atom. The van der Waals surface area contributed by atoms with Gasteiger partial charge >= 0.3 is 6.36 Å². The van der Waals surface area contributed by atoms with Crippen LogP contribution in [0.15, 0.2) is 49.7 Å². The van der Waals surface area contributed by atoms with Crippen molar-refractivity contribution in [3.8, 4) is 5.75 Å². The molecule has 1 aromatic heterocycles. The first kappa shape index (κ1) is 23.6. The van der Waals surface area contributed by atoms with Crippen LogP contribution < -0.4 is 10.1 Å². The van der Waals surface area contributed by atoms with Gasteiger partial charge in [-0.2, -0.15) is 0 Å². The van der Waals surface area contributed by atoms with Crippen molar-refractivity contribution in [3.63, 3.8) is 0 Å². The van der Waals surface area contributed by atoms with Crippen molar-refractivity contribution in [2.24, 2.45) is 11.8 Å². The SMILES string of the molecule is C=Cc1nccc(C2CCC(C(C)C(=O)Nc3ccc(OC(F)(F)F)cc3)CC2)c1C=C. The fourth-order valence-corrected chi connectivity index (χ4v) is 4.39. The molecule has 1 aliphatic carbocycles. The van der Waals surface area contributed by atoms with E-state index in [-0.39, 0.29) is 23.5 Å². The highest BCUT2D eigenvalue weighted by Crippen LogP contribution is 2.40. The van der Waals surface area contributed by atoms with Crippen LogP contribution in [0.5, 0.6) is 5.75 Å². The zero-order valence-electron chi connectivity index (χ0n) is 18.0. The second-order valence-electron chi connectivity index (χ2n) is 8.07. The average Bonchev–Trinajstić information content (AvgIpc) is 2.78. The highest BCUT2D eigenvalue weighted by Gasteiger charge is 2.32. The van der Waals surface area contributed by atoms with E-state index in [4.69, 9.17) is 0 Å². The first-order valence-corrected chi connectivity index (χ1v) is 10.6. The first-order chi connectivity index (χ1) is 15.2. The van der Waals surface area contributed by atoms with Gasteiger partial charge < -0.3 is 10.1 Å². The minimum atomic E-state index is -4.74. The van der Waals surface area contributed by atoms with Crippen LogP contribution in [0.25, 0.3) is 12.2 Å². The van der Waals surface area contributed by atoms with Gasteiger partial charge in [0, 0.05) is 23.4 Å². The molecule has 7 heteroatoms. The zero-order chi connectivity index (χ0) is 23.3. The summed E-state index contributed by atoms with van der Waals surface area (Å²) < 4.78 is 40.7. The van der Waals surface area contributed by atoms with E-state index < -0.39 is 6.36 Å². The molecule has 1 aliphatic rings. The Morgan fingerprint density at radius 3 is 2.34 bits per heavy atom. The number of pyridine rings is 1. The van der Waals surface area contributed by atoms with Gasteiger partial charge in [0.2, 0.25) is 5.91 Å². The van der Waals surface area contributed by atoms with Crippen LogP contribution in [0.1, 0.15) is 55.3 Å². The molecule has 4 nitrogen and oxygen atoms in total. The van der Waals surface area contributed by atoms with Crippen molar-refractivity contribution in [3.05, 3.63) is 66.5 Å². The molecular formula is C25H27F3N2O2. The van der Waals surface area contributed by atoms with Crippen LogP contribution in [0.2, 0.25) is 0 Å². The maximum absolute atomic E-state index is 12.7. The van der Waals surface area contributed by atoms with E-state index in [0.29, 0.717) is 11.6 Å². The van der Waals surface area contributed by atoms with E-state index in [0.717, 1.165) is 36.9 Å². The molecule has 1 N–H and O–H groups in total. The van der Waals surface area contributed by atoms with Gasteiger partial charge in [-0.1, -0.05) is 26.2 Å².